The highest BCUT2D eigenvalue weighted by molar-refractivity contribution is 5.49. The Morgan fingerprint density at radius 3 is 3.00 bits per heavy atom. The number of hydrogen-bond acceptors (Lipinski definition) is 2. The van der Waals surface area contributed by atoms with Crippen molar-refractivity contribution in [3.05, 3.63) is 30.1 Å². The standard InChI is InChI=1S/C9H11NO/c11-8-4-2-6-9-5-1-3-7-10-9/h1,3,5,7-8H,2,4,6H2. The summed E-state index contributed by atoms with van der Waals surface area (Å²) in [4.78, 5) is 14.1. The zero-order valence-electron chi connectivity index (χ0n) is 6.36. The molecule has 2 nitrogen and oxygen atoms in total. The Bertz CT molecular complexity index is 208. The lowest BCUT2D eigenvalue weighted by Crippen LogP contribution is -1.88. The summed E-state index contributed by atoms with van der Waals surface area (Å²) in [6.07, 6.45) is 5.16. The molecule has 1 aromatic heterocycles. The molecule has 0 radical (unpaired) electrons. The monoisotopic (exact) mass is 149 g/mol. The molecule has 0 fully saturated rings. The molecular weight excluding hydrogens is 138 g/mol. The average Bonchev–Trinajstić information content (AvgIpc) is 2.07. The second-order valence-corrected chi connectivity index (χ2v) is 2.38. The molecule has 0 unspecified atom stereocenters. The van der Waals surface area contributed by atoms with Crippen molar-refractivity contribution in [1.82, 2.24) is 4.98 Å². The van der Waals surface area contributed by atoms with Gasteiger partial charge >= 0.3 is 0 Å². The Morgan fingerprint density at radius 2 is 2.36 bits per heavy atom. The minimum Gasteiger partial charge on any atom is -0.303 e. The van der Waals surface area contributed by atoms with Crippen molar-refractivity contribution in [2.75, 3.05) is 0 Å². The largest absolute Gasteiger partial charge is 0.303 e. The molecule has 0 amide bonds. The first-order chi connectivity index (χ1) is 5.43. The number of pyridine rings is 1. The Morgan fingerprint density at radius 1 is 1.45 bits per heavy atom. The minimum atomic E-state index is 0.635. The van der Waals surface area contributed by atoms with Gasteiger partial charge in [-0.05, 0) is 25.0 Å². The molecule has 58 valence electrons. The summed E-state index contributed by atoms with van der Waals surface area (Å²) in [5.41, 5.74) is 1.06. The topological polar surface area (TPSA) is 30.0 Å². The van der Waals surface area contributed by atoms with Crippen LogP contribution in [0.25, 0.3) is 0 Å². The van der Waals surface area contributed by atoms with Crippen LogP contribution in [0.5, 0.6) is 0 Å². The first kappa shape index (κ1) is 7.92. The summed E-state index contributed by atoms with van der Waals surface area (Å²) < 4.78 is 0. The molecule has 0 atom stereocenters. The van der Waals surface area contributed by atoms with Crippen LogP contribution in [-0.2, 0) is 11.2 Å². The van der Waals surface area contributed by atoms with Crippen LogP contribution in [0.2, 0.25) is 0 Å². The summed E-state index contributed by atoms with van der Waals surface area (Å²) in [6, 6.07) is 5.83. The number of nitrogens with zero attached hydrogens (tertiary/aromatic N) is 1. The van der Waals surface area contributed by atoms with Crippen LogP contribution >= 0.6 is 0 Å². The highest BCUT2D eigenvalue weighted by atomic mass is 16.1. The van der Waals surface area contributed by atoms with Crippen molar-refractivity contribution in [3.63, 3.8) is 0 Å². The van der Waals surface area contributed by atoms with Crippen LogP contribution in [0, 0.1) is 0 Å². The summed E-state index contributed by atoms with van der Waals surface area (Å²) in [5, 5.41) is 0. The molecule has 0 spiro atoms. The summed E-state index contributed by atoms with van der Waals surface area (Å²) in [7, 11) is 0. The molecule has 0 bridgehead atoms. The predicted molar refractivity (Wildman–Crippen MR) is 43.2 cm³/mol. The van der Waals surface area contributed by atoms with Crippen molar-refractivity contribution in [1.29, 1.82) is 0 Å². The molecule has 0 aromatic carbocycles. The summed E-state index contributed by atoms with van der Waals surface area (Å²) >= 11 is 0. The Labute approximate surface area is 66.3 Å². The van der Waals surface area contributed by atoms with E-state index in [1.54, 1.807) is 6.20 Å². The normalized spacial score (nSPS) is 9.45. The Balaban J connectivity index is 2.33. The fraction of sp³-hybridized carbons (Fsp3) is 0.333. The second kappa shape index (κ2) is 4.61. The first-order valence-electron chi connectivity index (χ1n) is 3.77. The van der Waals surface area contributed by atoms with Gasteiger partial charge in [0.2, 0.25) is 0 Å². The maximum atomic E-state index is 9.97. The van der Waals surface area contributed by atoms with Crippen molar-refractivity contribution < 1.29 is 4.79 Å². The molecule has 0 aliphatic rings. The maximum absolute atomic E-state index is 9.97. The molecule has 2 heteroatoms. The molecule has 0 aliphatic heterocycles. The van der Waals surface area contributed by atoms with Gasteiger partial charge in [-0.1, -0.05) is 6.07 Å². The van der Waals surface area contributed by atoms with Gasteiger partial charge < -0.3 is 4.79 Å². The third-order valence-corrected chi connectivity index (χ3v) is 1.48. The second-order valence-electron chi connectivity index (χ2n) is 2.38. The quantitative estimate of drug-likeness (QED) is 0.480. The molecule has 1 heterocycles. The molecule has 1 aromatic rings. The average molecular weight is 149 g/mol. The third-order valence-electron chi connectivity index (χ3n) is 1.48. The van der Waals surface area contributed by atoms with E-state index in [9.17, 15) is 4.79 Å². The lowest BCUT2D eigenvalue weighted by molar-refractivity contribution is -0.107. The molecule has 0 saturated heterocycles. The van der Waals surface area contributed by atoms with Crippen molar-refractivity contribution in [3.8, 4) is 0 Å². The van der Waals surface area contributed by atoms with E-state index in [2.05, 4.69) is 4.98 Å². The number of aldehydes is 1. The van der Waals surface area contributed by atoms with Gasteiger partial charge in [-0.2, -0.15) is 0 Å². The van der Waals surface area contributed by atoms with Gasteiger partial charge in [-0.15, -0.1) is 0 Å². The lowest BCUT2D eigenvalue weighted by Gasteiger charge is -1.95. The van der Waals surface area contributed by atoms with Crippen LogP contribution < -0.4 is 0 Å². The van der Waals surface area contributed by atoms with E-state index in [1.165, 1.54) is 0 Å². The molecule has 11 heavy (non-hydrogen) atoms. The number of carbonyl (C=O) groups is 1. The van der Waals surface area contributed by atoms with E-state index < -0.39 is 0 Å². The molecule has 0 aliphatic carbocycles. The van der Waals surface area contributed by atoms with Gasteiger partial charge in [0.1, 0.15) is 6.29 Å². The van der Waals surface area contributed by atoms with Gasteiger partial charge in [0, 0.05) is 18.3 Å². The maximum Gasteiger partial charge on any atom is 0.120 e. The summed E-state index contributed by atoms with van der Waals surface area (Å²) in [6.45, 7) is 0. The first-order valence-corrected chi connectivity index (χ1v) is 3.77. The highest BCUT2D eigenvalue weighted by Crippen LogP contribution is 1.98. The van der Waals surface area contributed by atoms with E-state index in [-0.39, 0.29) is 0 Å². The molecule has 0 N–H and O–H groups in total. The van der Waals surface area contributed by atoms with Crippen molar-refractivity contribution in [2.45, 2.75) is 19.3 Å². The van der Waals surface area contributed by atoms with Crippen LogP contribution in [0.3, 0.4) is 0 Å². The van der Waals surface area contributed by atoms with E-state index in [1.807, 2.05) is 18.2 Å². The van der Waals surface area contributed by atoms with E-state index in [0.717, 1.165) is 24.8 Å². The molecular formula is C9H11NO. The minimum absolute atomic E-state index is 0.635. The number of aromatic nitrogens is 1. The van der Waals surface area contributed by atoms with E-state index >= 15 is 0 Å². The Kier molecular flexibility index (Phi) is 3.32. The number of aryl methyl sites for hydroxylation is 1. The fourth-order valence-electron chi connectivity index (χ4n) is 0.913. The van der Waals surface area contributed by atoms with Crippen LogP contribution in [0.4, 0.5) is 0 Å². The van der Waals surface area contributed by atoms with E-state index in [0.29, 0.717) is 6.42 Å². The number of unbranched alkanes of at least 4 members (excludes halogenated alkanes) is 1. The van der Waals surface area contributed by atoms with Crippen LogP contribution in [0.1, 0.15) is 18.5 Å². The van der Waals surface area contributed by atoms with Gasteiger partial charge in [0.25, 0.3) is 0 Å². The smallest absolute Gasteiger partial charge is 0.120 e. The predicted octanol–water partition coefficient (Wildman–Crippen LogP) is 1.60. The van der Waals surface area contributed by atoms with Crippen LogP contribution in [0.15, 0.2) is 24.4 Å². The molecule has 1 rings (SSSR count). The van der Waals surface area contributed by atoms with Gasteiger partial charge in [0.15, 0.2) is 0 Å². The highest BCUT2D eigenvalue weighted by Gasteiger charge is 1.90. The van der Waals surface area contributed by atoms with Gasteiger partial charge in [-0.25, -0.2) is 0 Å². The molecule has 0 saturated carbocycles. The summed E-state index contributed by atoms with van der Waals surface area (Å²) in [5.74, 6) is 0. The van der Waals surface area contributed by atoms with Crippen molar-refractivity contribution >= 4 is 6.29 Å². The lowest BCUT2D eigenvalue weighted by atomic mass is 10.2. The SMILES string of the molecule is O=CCCCc1ccccn1. The van der Waals surface area contributed by atoms with E-state index in [4.69, 9.17) is 0 Å². The number of hydrogen-bond donors (Lipinski definition) is 0. The van der Waals surface area contributed by atoms with Crippen molar-refractivity contribution in [2.24, 2.45) is 0 Å². The number of carbonyl (C=O) groups excluding carboxylic acids is 1. The zero-order valence-corrected chi connectivity index (χ0v) is 6.36. The van der Waals surface area contributed by atoms with Crippen LogP contribution in [-0.4, -0.2) is 11.3 Å². The number of rotatable bonds is 4. The Hall–Kier alpha value is -1.18. The fourth-order valence-corrected chi connectivity index (χ4v) is 0.913. The zero-order chi connectivity index (χ0) is 7.94. The van der Waals surface area contributed by atoms with Gasteiger partial charge in [0.05, 0.1) is 0 Å². The third kappa shape index (κ3) is 2.94. The van der Waals surface area contributed by atoms with Gasteiger partial charge in [-0.3, -0.25) is 4.98 Å².